The number of methoxy groups -OCH3 is 1. The van der Waals surface area contributed by atoms with Crippen molar-refractivity contribution >= 4 is 11.8 Å². The van der Waals surface area contributed by atoms with Gasteiger partial charge in [0.25, 0.3) is 0 Å². The van der Waals surface area contributed by atoms with E-state index >= 15 is 0 Å². The maximum atomic E-state index is 13.4. The van der Waals surface area contributed by atoms with Crippen LogP contribution in [0.3, 0.4) is 0 Å². The van der Waals surface area contributed by atoms with Crippen LogP contribution < -0.4 is 0 Å². The van der Waals surface area contributed by atoms with Crippen molar-refractivity contribution in [2.75, 3.05) is 20.3 Å². The first-order valence-electron chi connectivity index (χ1n) is 16.9. The Hall–Kier alpha value is -1.54. The molecule has 2 aliphatic heterocycles. The molecule has 4 rings (SSSR count). The van der Waals surface area contributed by atoms with Gasteiger partial charge in [-0.15, -0.1) is 0 Å². The molecule has 0 bridgehead atoms. The summed E-state index contributed by atoms with van der Waals surface area (Å²) in [6.45, 7) is 6.15. The van der Waals surface area contributed by atoms with Crippen molar-refractivity contribution < 1.29 is 33.3 Å². The highest BCUT2D eigenvalue weighted by atomic mass is 16.7. The SMILES string of the molecule is CCCC1CCC(C)([C@@H](/C=C/[C@H]2[C@H](OC3CCCCO3)CC(=O)[C@@H]2C/C=C\CCCC(=O)OC)OC2CCCCO2)C1. The monoisotopic (exact) mass is 588 g/mol. The molecule has 8 atom stereocenters. The standard InChI is InChI=1S/C35H56O7/c1-4-13-26-20-21-35(2,25-26)31(42-34-17-10-12-23-40-34)19-18-28-27(14-7-5-6-8-15-32(37)38-3)29(36)24-30(28)41-33-16-9-11-22-39-33/h5,7,18-19,26-28,30-31,33-34H,4,6,8-17,20-25H2,1-3H3/b7-5-,19-18+/t26?,27-,28-,30-,31-,33?,34?,35?/m1/s1. The van der Waals surface area contributed by atoms with Crippen LogP contribution in [0.1, 0.15) is 117 Å². The Morgan fingerprint density at radius 2 is 1.83 bits per heavy atom. The molecule has 4 aliphatic rings. The highest BCUT2D eigenvalue weighted by molar-refractivity contribution is 5.85. The summed E-state index contributed by atoms with van der Waals surface area (Å²) in [4.78, 5) is 24.8. The first kappa shape index (κ1) is 33.4. The van der Waals surface area contributed by atoms with Gasteiger partial charge in [-0.2, -0.15) is 0 Å². The molecule has 0 radical (unpaired) electrons. The Kier molecular flexibility index (Phi) is 13.6. The number of esters is 1. The zero-order chi connectivity index (χ0) is 29.8. The van der Waals surface area contributed by atoms with E-state index in [0.717, 1.165) is 76.9 Å². The Balaban J connectivity index is 1.49. The van der Waals surface area contributed by atoms with Crippen LogP contribution in [0, 0.1) is 23.2 Å². The molecular formula is C35H56O7. The van der Waals surface area contributed by atoms with Gasteiger partial charge in [0.1, 0.15) is 5.78 Å². The molecule has 7 nitrogen and oxygen atoms in total. The molecule has 2 saturated carbocycles. The summed E-state index contributed by atoms with van der Waals surface area (Å²) < 4.78 is 29.9. The minimum atomic E-state index is -0.232. The van der Waals surface area contributed by atoms with Gasteiger partial charge >= 0.3 is 5.97 Å². The maximum Gasteiger partial charge on any atom is 0.305 e. The fraction of sp³-hybridized carbons (Fsp3) is 0.829. The first-order valence-corrected chi connectivity index (χ1v) is 16.9. The van der Waals surface area contributed by atoms with Gasteiger partial charge < -0.3 is 23.7 Å². The number of ether oxygens (including phenoxy) is 5. The number of allylic oxidation sites excluding steroid dienone is 2. The lowest BCUT2D eigenvalue weighted by atomic mass is 9.80. The molecule has 238 valence electrons. The van der Waals surface area contributed by atoms with Gasteiger partial charge in [0.2, 0.25) is 0 Å². The predicted molar refractivity (Wildman–Crippen MR) is 163 cm³/mol. The van der Waals surface area contributed by atoms with Crippen molar-refractivity contribution in [1.29, 1.82) is 0 Å². The number of hydrogen-bond acceptors (Lipinski definition) is 7. The second kappa shape index (κ2) is 17.1. The third-order valence-electron chi connectivity index (χ3n) is 9.92. The van der Waals surface area contributed by atoms with Crippen LogP contribution >= 0.6 is 0 Å². The molecule has 0 aromatic carbocycles. The van der Waals surface area contributed by atoms with Crippen LogP contribution in [0.4, 0.5) is 0 Å². The van der Waals surface area contributed by atoms with Crippen LogP contribution in [-0.2, 0) is 33.3 Å². The van der Waals surface area contributed by atoms with Crippen molar-refractivity contribution in [3.63, 3.8) is 0 Å². The minimum absolute atomic E-state index is 0.0300. The Morgan fingerprint density at radius 3 is 2.52 bits per heavy atom. The Morgan fingerprint density at radius 1 is 1.07 bits per heavy atom. The second-order valence-corrected chi connectivity index (χ2v) is 13.3. The van der Waals surface area contributed by atoms with E-state index in [9.17, 15) is 9.59 Å². The topological polar surface area (TPSA) is 80.3 Å². The highest BCUT2D eigenvalue weighted by Crippen LogP contribution is 2.48. The average molecular weight is 589 g/mol. The van der Waals surface area contributed by atoms with E-state index in [1.54, 1.807) is 0 Å². The Labute approximate surface area is 254 Å². The summed E-state index contributed by atoms with van der Waals surface area (Å²) >= 11 is 0. The van der Waals surface area contributed by atoms with Crippen LogP contribution in [0.5, 0.6) is 0 Å². The minimum Gasteiger partial charge on any atom is -0.469 e. The van der Waals surface area contributed by atoms with Gasteiger partial charge in [-0.3, -0.25) is 9.59 Å². The van der Waals surface area contributed by atoms with E-state index in [0.29, 0.717) is 19.3 Å². The second-order valence-electron chi connectivity index (χ2n) is 13.3. The number of unbranched alkanes of at least 4 members (excludes halogenated alkanes) is 1. The smallest absolute Gasteiger partial charge is 0.305 e. The largest absolute Gasteiger partial charge is 0.469 e. The third-order valence-corrected chi connectivity index (χ3v) is 9.92. The van der Waals surface area contributed by atoms with Gasteiger partial charge in [0.15, 0.2) is 12.6 Å². The van der Waals surface area contributed by atoms with Gasteiger partial charge in [-0.1, -0.05) is 51.0 Å². The van der Waals surface area contributed by atoms with Crippen LogP contribution in [0.25, 0.3) is 0 Å². The third kappa shape index (κ3) is 9.73. The number of carbonyl (C=O) groups is 2. The van der Waals surface area contributed by atoms with Gasteiger partial charge in [0.05, 0.1) is 19.3 Å². The predicted octanol–water partition coefficient (Wildman–Crippen LogP) is 7.47. The van der Waals surface area contributed by atoms with Crippen molar-refractivity contribution in [1.82, 2.24) is 0 Å². The van der Waals surface area contributed by atoms with E-state index < -0.39 is 0 Å². The van der Waals surface area contributed by atoms with Crippen LogP contribution in [0.2, 0.25) is 0 Å². The molecule has 0 aromatic rings. The number of hydrogen-bond donors (Lipinski definition) is 0. The Bertz CT molecular complexity index is 888. The van der Waals surface area contributed by atoms with Crippen molar-refractivity contribution in [2.45, 2.75) is 141 Å². The van der Waals surface area contributed by atoms with E-state index in [-0.39, 0.29) is 53.8 Å². The van der Waals surface area contributed by atoms with Crippen molar-refractivity contribution in [2.24, 2.45) is 23.2 Å². The fourth-order valence-electron chi connectivity index (χ4n) is 7.45. The highest BCUT2D eigenvalue weighted by Gasteiger charge is 2.45. The lowest BCUT2D eigenvalue weighted by molar-refractivity contribution is -0.199. The van der Waals surface area contributed by atoms with Crippen LogP contribution in [0.15, 0.2) is 24.3 Å². The lowest BCUT2D eigenvalue weighted by Crippen LogP contribution is -2.37. The molecule has 2 heterocycles. The zero-order valence-electron chi connectivity index (χ0n) is 26.4. The van der Waals surface area contributed by atoms with Gasteiger partial charge in [0, 0.05) is 37.9 Å². The molecule has 0 N–H and O–H groups in total. The molecule has 2 aliphatic carbocycles. The summed E-state index contributed by atoms with van der Waals surface area (Å²) in [7, 11) is 1.42. The summed E-state index contributed by atoms with van der Waals surface area (Å²) in [6.07, 6.45) is 23.4. The molecule has 2 saturated heterocycles. The molecular weight excluding hydrogens is 532 g/mol. The normalized spacial score (nSPS) is 34.9. The molecule has 0 amide bonds. The number of carbonyl (C=O) groups excluding carboxylic acids is 2. The molecule has 4 fully saturated rings. The zero-order valence-corrected chi connectivity index (χ0v) is 26.4. The van der Waals surface area contributed by atoms with Gasteiger partial charge in [-0.25, -0.2) is 0 Å². The summed E-state index contributed by atoms with van der Waals surface area (Å²) in [5.74, 6) is 0.654. The van der Waals surface area contributed by atoms with E-state index in [1.165, 1.54) is 32.8 Å². The maximum absolute atomic E-state index is 13.4. The number of rotatable bonds is 15. The van der Waals surface area contributed by atoms with E-state index in [4.69, 9.17) is 23.7 Å². The molecule has 0 aromatic heterocycles. The molecule has 7 heteroatoms. The molecule has 0 spiro atoms. The van der Waals surface area contributed by atoms with Gasteiger partial charge in [-0.05, 0) is 88.4 Å². The van der Waals surface area contributed by atoms with Crippen molar-refractivity contribution in [3.05, 3.63) is 24.3 Å². The quantitative estimate of drug-likeness (QED) is 0.112. The number of ketones is 1. The number of Topliss-reactive ketones (excluding diaryl/α,β-unsaturated/α-hetero) is 1. The summed E-state index contributed by atoms with van der Waals surface area (Å²) in [5.41, 5.74) is 0.0532. The van der Waals surface area contributed by atoms with Crippen molar-refractivity contribution in [3.8, 4) is 0 Å². The summed E-state index contributed by atoms with van der Waals surface area (Å²) in [6, 6.07) is 0. The molecule has 4 unspecified atom stereocenters. The molecule has 42 heavy (non-hydrogen) atoms. The van der Waals surface area contributed by atoms with Crippen LogP contribution in [-0.4, -0.2) is 56.9 Å². The average Bonchev–Trinajstić information content (AvgIpc) is 3.52. The van der Waals surface area contributed by atoms with E-state index in [2.05, 4.69) is 38.2 Å². The fourth-order valence-corrected chi connectivity index (χ4v) is 7.45. The van der Waals surface area contributed by atoms with E-state index in [1.807, 2.05) is 0 Å². The summed E-state index contributed by atoms with van der Waals surface area (Å²) in [5, 5.41) is 0. The first-order chi connectivity index (χ1) is 20.4. The lowest BCUT2D eigenvalue weighted by Gasteiger charge is -2.37.